The van der Waals surface area contributed by atoms with E-state index in [0.717, 1.165) is 31.5 Å². The summed E-state index contributed by atoms with van der Waals surface area (Å²) in [6.45, 7) is 6.30. The molecule has 2 nitrogen and oxygen atoms in total. The minimum atomic E-state index is -0.199. The van der Waals surface area contributed by atoms with Crippen LogP contribution >= 0.6 is 15.9 Å². The summed E-state index contributed by atoms with van der Waals surface area (Å²) in [7, 11) is 0. The summed E-state index contributed by atoms with van der Waals surface area (Å²) >= 11 is 3.28. The monoisotopic (exact) mass is 302 g/mol. The predicted molar refractivity (Wildman–Crippen MR) is 74.8 cm³/mol. The number of nitrogens with zero attached hydrogens (tertiary/aromatic N) is 1. The average Bonchev–Trinajstić information content (AvgIpc) is 2.32. The van der Waals surface area contributed by atoms with Gasteiger partial charge >= 0.3 is 0 Å². The number of hydrogen-bond acceptors (Lipinski definition) is 2. The van der Waals surface area contributed by atoms with Gasteiger partial charge in [-0.1, -0.05) is 19.9 Å². The Bertz CT molecular complexity index is 363. The number of anilines is 1. The molecule has 0 heterocycles. The standard InChI is InChI=1S/C13H20BrFN2/c1-3-7-17(8-4-2)11-6-5-10(9-16)12(14)13(11)15/h5-6H,3-4,7-9,16H2,1-2H3. The first-order valence-corrected chi connectivity index (χ1v) is 6.86. The fourth-order valence-corrected chi connectivity index (χ4v) is 2.37. The number of benzene rings is 1. The Morgan fingerprint density at radius 2 is 1.82 bits per heavy atom. The van der Waals surface area contributed by atoms with E-state index in [2.05, 4.69) is 34.7 Å². The molecule has 0 radical (unpaired) electrons. The number of rotatable bonds is 6. The van der Waals surface area contributed by atoms with Crippen LogP contribution in [0.15, 0.2) is 16.6 Å². The molecule has 0 fully saturated rings. The van der Waals surface area contributed by atoms with Gasteiger partial charge in [0.2, 0.25) is 0 Å². The van der Waals surface area contributed by atoms with Gasteiger partial charge in [0.1, 0.15) is 0 Å². The SMILES string of the molecule is CCCN(CCC)c1ccc(CN)c(Br)c1F. The van der Waals surface area contributed by atoms with E-state index >= 15 is 0 Å². The van der Waals surface area contributed by atoms with Crippen LogP contribution in [0, 0.1) is 5.82 Å². The van der Waals surface area contributed by atoms with Gasteiger partial charge in [0.15, 0.2) is 5.82 Å². The Morgan fingerprint density at radius 3 is 2.29 bits per heavy atom. The normalized spacial score (nSPS) is 10.6. The molecule has 1 aromatic carbocycles. The van der Waals surface area contributed by atoms with Gasteiger partial charge in [-0.2, -0.15) is 0 Å². The summed E-state index contributed by atoms with van der Waals surface area (Å²) < 4.78 is 14.7. The van der Waals surface area contributed by atoms with Gasteiger partial charge in [0.25, 0.3) is 0 Å². The molecule has 2 N–H and O–H groups in total. The molecule has 0 spiro atoms. The molecule has 0 aromatic heterocycles. The van der Waals surface area contributed by atoms with Crippen LogP contribution in [-0.4, -0.2) is 13.1 Å². The maximum atomic E-state index is 14.2. The first kappa shape index (κ1) is 14.5. The first-order valence-electron chi connectivity index (χ1n) is 6.07. The molecular weight excluding hydrogens is 283 g/mol. The lowest BCUT2D eigenvalue weighted by Crippen LogP contribution is -2.26. The highest BCUT2D eigenvalue weighted by Gasteiger charge is 2.15. The zero-order valence-corrected chi connectivity index (χ0v) is 12.1. The van der Waals surface area contributed by atoms with E-state index in [-0.39, 0.29) is 5.82 Å². The average molecular weight is 303 g/mol. The van der Waals surface area contributed by atoms with E-state index in [4.69, 9.17) is 5.73 Å². The molecule has 0 aliphatic carbocycles. The first-order chi connectivity index (χ1) is 8.15. The van der Waals surface area contributed by atoms with Crippen LogP contribution in [-0.2, 0) is 6.54 Å². The lowest BCUT2D eigenvalue weighted by atomic mass is 10.1. The van der Waals surface area contributed by atoms with Gasteiger partial charge < -0.3 is 10.6 Å². The Morgan fingerprint density at radius 1 is 1.24 bits per heavy atom. The summed E-state index contributed by atoms with van der Waals surface area (Å²) in [5, 5.41) is 0. The van der Waals surface area contributed by atoms with Gasteiger partial charge in [0, 0.05) is 19.6 Å². The molecule has 0 saturated heterocycles. The fraction of sp³-hybridized carbons (Fsp3) is 0.538. The third-order valence-corrected chi connectivity index (χ3v) is 3.55. The maximum Gasteiger partial charge on any atom is 0.160 e. The Hall–Kier alpha value is -0.610. The molecule has 0 aliphatic rings. The number of hydrogen-bond donors (Lipinski definition) is 1. The fourth-order valence-electron chi connectivity index (χ4n) is 1.87. The van der Waals surface area contributed by atoms with Crippen molar-refractivity contribution in [2.45, 2.75) is 33.2 Å². The second-order valence-corrected chi connectivity index (χ2v) is 4.86. The predicted octanol–water partition coefficient (Wildman–Crippen LogP) is 3.67. The second kappa shape index (κ2) is 6.97. The Labute approximate surface area is 111 Å². The van der Waals surface area contributed by atoms with Crippen molar-refractivity contribution in [3.63, 3.8) is 0 Å². The zero-order chi connectivity index (χ0) is 12.8. The van der Waals surface area contributed by atoms with Crippen LogP contribution in [0.3, 0.4) is 0 Å². The third-order valence-electron chi connectivity index (χ3n) is 2.69. The quantitative estimate of drug-likeness (QED) is 0.869. The second-order valence-electron chi connectivity index (χ2n) is 4.06. The lowest BCUT2D eigenvalue weighted by Gasteiger charge is -2.25. The molecule has 0 saturated carbocycles. The summed E-state index contributed by atoms with van der Waals surface area (Å²) in [6.07, 6.45) is 2.02. The molecule has 4 heteroatoms. The van der Waals surface area contributed by atoms with Crippen LogP contribution in [0.4, 0.5) is 10.1 Å². The van der Waals surface area contributed by atoms with Gasteiger partial charge in [-0.05, 0) is 40.4 Å². The van der Waals surface area contributed by atoms with E-state index < -0.39 is 0 Å². The lowest BCUT2D eigenvalue weighted by molar-refractivity contribution is 0.604. The molecule has 0 unspecified atom stereocenters. The van der Waals surface area contributed by atoms with Crippen LogP contribution < -0.4 is 10.6 Å². The highest BCUT2D eigenvalue weighted by atomic mass is 79.9. The molecule has 96 valence electrons. The largest absolute Gasteiger partial charge is 0.369 e. The molecule has 1 rings (SSSR count). The van der Waals surface area contributed by atoms with Gasteiger partial charge in [-0.25, -0.2) is 4.39 Å². The Balaban J connectivity index is 3.07. The van der Waals surface area contributed by atoms with Crippen molar-refractivity contribution in [2.75, 3.05) is 18.0 Å². The molecule has 17 heavy (non-hydrogen) atoms. The van der Waals surface area contributed by atoms with Crippen molar-refractivity contribution in [1.82, 2.24) is 0 Å². The highest BCUT2D eigenvalue weighted by molar-refractivity contribution is 9.10. The van der Waals surface area contributed by atoms with E-state index in [1.54, 1.807) is 0 Å². The van der Waals surface area contributed by atoms with Crippen molar-refractivity contribution in [1.29, 1.82) is 0 Å². The van der Waals surface area contributed by atoms with Crippen LogP contribution in [0.2, 0.25) is 0 Å². The van der Waals surface area contributed by atoms with E-state index in [1.807, 2.05) is 12.1 Å². The molecule has 1 aromatic rings. The van der Waals surface area contributed by atoms with Gasteiger partial charge in [-0.15, -0.1) is 0 Å². The Kier molecular flexibility index (Phi) is 5.92. The molecule has 0 aliphatic heterocycles. The smallest absolute Gasteiger partial charge is 0.160 e. The third kappa shape index (κ3) is 3.42. The summed E-state index contributed by atoms with van der Waals surface area (Å²) in [4.78, 5) is 2.08. The van der Waals surface area contributed by atoms with Crippen molar-refractivity contribution < 1.29 is 4.39 Å². The highest BCUT2D eigenvalue weighted by Crippen LogP contribution is 2.29. The summed E-state index contributed by atoms with van der Waals surface area (Å²) in [6, 6.07) is 3.72. The molecular formula is C13H20BrFN2. The minimum absolute atomic E-state index is 0.199. The number of nitrogens with two attached hydrogens (primary N) is 1. The van der Waals surface area contributed by atoms with Crippen molar-refractivity contribution in [3.8, 4) is 0 Å². The molecule has 0 atom stereocenters. The van der Waals surface area contributed by atoms with Gasteiger partial charge in [0.05, 0.1) is 10.2 Å². The van der Waals surface area contributed by atoms with Crippen LogP contribution in [0.5, 0.6) is 0 Å². The van der Waals surface area contributed by atoms with Gasteiger partial charge in [-0.3, -0.25) is 0 Å². The minimum Gasteiger partial charge on any atom is -0.369 e. The van der Waals surface area contributed by atoms with Crippen LogP contribution in [0.1, 0.15) is 32.3 Å². The van der Waals surface area contributed by atoms with E-state index in [9.17, 15) is 4.39 Å². The summed E-state index contributed by atoms with van der Waals surface area (Å²) in [5.41, 5.74) is 7.02. The van der Waals surface area contributed by atoms with Crippen molar-refractivity contribution in [3.05, 3.63) is 28.0 Å². The summed E-state index contributed by atoms with van der Waals surface area (Å²) in [5.74, 6) is -0.199. The molecule has 0 bridgehead atoms. The van der Waals surface area contributed by atoms with E-state index in [0.29, 0.717) is 16.7 Å². The van der Waals surface area contributed by atoms with E-state index in [1.165, 1.54) is 0 Å². The van der Waals surface area contributed by atoms with Crippen molar-refractivity contribution >= 4 is 21.6 Å². The zero-order valence-electron chi connectivity index (χ0n) is 10.5. The molecule has 0 amide bonds. The topological polar surface area (TPSA) is 29.3 Å². The number of halogens is 2. The van der Waals surface area contributed by atoms with Crippen molar-refractivity contribution in [2.24, 2.45) is 5.73 Å². The maximum absolute atomic E-state index is 14.2. The van der Waals surface area contributed by atoms with Crippen LogP contribution in [0.25, 0.3) is 0 Å².